The second kappa shape index (κ2) is 22.8. The second-order valence-corrected chi connectivity index (χ2v) is 4.48. The maximum atomic E-state index is 8.81. The van der Waals surface area contributed by atoms with E-state index in [0.29, 0.717) is 0 Å². The average Bonchev–Trinajstić information content (AvgIpc) is 2.41. The summed E-state index contributed by atoms with van der Waals surface area (Å²) in [6, 6.07) is 0. The number of hydrogen-bond acceptors (Lipinski definition) is 4. The van der Waals surface area contributed by atoms with Crippen molar-refractivity contribution >= 4 is 24.0 Å². The number of rotatable bonds is 9. The molecule has 0 atom stereocenters. The minimum absolute atomic E-state index is 0.194. The van der Waals surface area contributed by atoms with E-state index in [0.717, 1.165) is 62.8 Å². The van der Waals surface area contributed by atoms with Gasteiger partial charge < -0.3 is 10.8 Å². The lowest BCUT2D eigenvalue weighted by Crippen LogP contribution is -1.92. The number of nitrogens with one attached hydrogen (secondary N) is 2. The van der Waals surface area contributed by atoms with E-state index in [-0.39, 0.29) is 12.6 Å². The molecule has 0 aliphatic rings. The Kier molecular flexibility index (Phi) is 27.1. The standard InChI is InChI=1S/2C7H15N.C2H2O2/c2*1-3-5-7(8)6-4-2;3-1-2-4/h2*8H,3-6H2,1-2H3;1-2H. The first-order chi connectivity index (χ1) is 9.53. The summed E-state index contributed by atoms with van der Waals surface area (Å²) in [6.07, 6.45) is 8.86. The molecule has 0 aromatic heterocycles. The number of aldehydes is 2. The lowest BCUT2D eigenvalue weighted by atomic mass is 10.1. The lowest BCUT2D eigenvalue weighted by molar-refractivity contribution is -0.122. The molecule has 0 spiro atoms. The van der Waals surface area contributed by atoms with Gasteiger partial charge in [-0.25, -0.2) is 0 Å². The van der Waals surface area contributed by atoms with E-state index in [2.05, 4.69) is 27.7 Å². The molecule has 4 nitrogen and oxygen atoms in total. The third-order valence-electron chi connectivity index (χ3n) is 2.26. The molecule has 0 aliphatic heterocycles. The first-order valence-corrected chi connectivity index (χ1v) is 7.55. The van der Waals surface area contributed by atoms with Gasteiger partial charge in [0, 0.05) is 11.4 Å². The summed E-state index contributed by atoms with van der Waals surface area (Å²) in [6.45, 7) is 8.46. The molecule has 20 heavy (non-hydrogen) atoms. The van der Waals surface area contributed by atoms with Crippen molar-refractivity contribution < 1.29 is 9.59 Å². The van der Waals surface area contributed by atoms with Gasteiger partial charge >= 0.3 is 0 Å². The molecule has 0 unspecified atom stereocenters. The lowest BCUT2D eigenvalue weighted by Gasteiger charge is -1.95. The van der Waals surface area contributed by atoms with Crippen LogP contribution in [-0.2, 0) is 9.59 Å². The quantitative estimate of drug-likeness (QED) is 0.368. The zero-order chi connectivity index (χ0) is 16.2. The van der Waals surface area contributed by atoms with Gasteiger partial charge in [0.1, 0.15) is 0 Å². The summed E-state index contributed by atoms with van der Waals surface area (Å²) in [7, 11) is 0. The highest BCUT2D eigenvalue weighted by molar-refractivity contribution is 6.09. The minimum Gasteiger partial charge on any atom is -0.310 e. The summed E-state index contributed by atoms with van der Waals surface area (Å²) in [5.74, 6) is 0. The van der Waals surface area contributed by atoms with E-state index in [9.17, 15) is 0 Å². The van der Waals surface area contributed by atoms with Crippen LogP contribution in [0.5, 0.6) is 0 Å². The normalized spacial score (nSPS) is 8.40. The minimum atomic E-state index is 0.194. The highest BCUT2D eigenvalue weighted by atomic mass is 16.2. The Labute approximate surface area is 124 Å². The molecular weight excluding hydrogens is 252 g/mol. The van der Waals surface area contributed by atoms with Gasteiger partial charge in [-0.15, -0.1) is 0 Å². The van der Waals surface area contributed by atoms with Crippen molar-refractivity contribution in [3.8, 4) is 0 Å². The van der Waals surface area contributed by atoms with E-state index in [1.807, 2.05) is 0 Å². The SMILES string of the molecule is CCCC(=N)CCC.CCCC(=N)CCC.O=CC=O. The predicted octanol–water partition coefficient (Wildman–Crippen LogP) is 4.60. The first kappa shape index (κ1) is 23.7. The Bertz CT molecular complexity index is 209. The molecule has 4 heteroatoms. The van der Waals surface area contributed by atoms with Crippen LogP contribution in [0.1, 0.15) is 79.1 Å². The largest absolute Gasteiger partial charge is 0.310 e. The molecule has 0 heterocycles. The summed E-state index contributed by atoms with van der Waals surface area (Å²) in [5.41, 5.74) is 1.82. The van der Waals surface area contributed by atoms with Crippen LogP contribution in [0.4, 0.5) is 0 Å². The van der Waals surface area contributed by atoms with E-state index in [1.165, 1.54) is 0 Å². The van der Waals surface area contributed by atoms with Crippen LogP contribution in [0.3, 0.4) is 0 Å². The van der Waals surface area contributed by atoms with Gasteiger partial charge in [0.25, 0.3) is 0 Å². The van der Waals surface area contributed by atoms with Crippen LogP contribution < -0.4 is 0 Å². The van der Waals surface area contributed by atoms with Crippen molar-refractivity contribution in [3.05, 3.63) is 0 Å². The third-order valence-corrected chi connectivity index (χ3v) is 2.26. The van der Waals surface area contributed by atoms with Gasteiger partial charge in [-0.05, 0) is 25.7 Å². The fraction of sp³-hybridized carbons (Fsp3) is 0.750. The fourth-order valence-electron chi connectivity index (χ4n) is 1.46. The topological polar surface area (TPSA) is 81.8 Å². The van der Waals surface area contributed by atoms with Crippen molar-refractivity contribution in [2.24, 2.45) is 0 Å². The zero-order valence-electron chi connectivity index (χ0n) is 13.6. The van der Waals surface area contributed by atoms with E-state index in [4.69, 9.17) is 20.4 Å². The van der Waals surface area contributed by atoms with Crippen LogP contribution in [-0.4, -0.2) is 24.0 Å². The van der Waals surface area contributed by atoms with Gasteiger partial charge in [-0.1, -0.05) is 53.4 Å². The highest BCUT2D eigenvalue weighted by Gasteiger charge is 1.90. The van der Waals surface area contributed by atoms with Crippen molar-refractivity contribution in [3.63, 3.8) is 0 Å². The van der Waals surface area contributed by atoms with Crippen molar-refractivity contribution in [1.82, 2.24) is 0 Å². The number of hydrogen-bond donors (Lipinski definition) is 2. The predicted molar refractivity (Wildman–Crippen MR) is 87.2 cm³/mol. The van der Waals surface area contributed by atoms with Gasteiger partial charge in [0.05, 0.1) is 0 Å². The molecule has 0 rings (SSSR count). The molecule has 0 radical (unpaired) electrons. The van der Waals surface area contributed by atoms with E-state index < -0.39 is 0 Å². The Hall–Kier alpha value is -1.32. The molecule has 0 aromatic rings. The maximum Gasteiger partial charge on any atom is 0.182 e. The van der Waals surface area contributed by atoms with Gasteiger partial charge in [0.15, 0.2) is 12.6 Å². The molecule has 0 aliphatic carbocycles. The second-order valence-electron chi connectivity index (χ2n) is 4.48. The van der Waals surface area contributed by atoms with Crippen LogP contribution in [0.15, 0.2) is 0 Å². The van der Waals surface area contributed by atoms with Gasteiger partial charge in [0.2, 0.25) is 0 Å². The van der Waals surface area contributed by atoms with Gasteiger partial charge in [-0.2, -0.15) is 0 Å². The molecular formula is C16H32N2O2. The third kappa shape index (κ3) is 30.1. The van der Waals surface area contributed by atoms with Crippen molar-refractivity contribution in [1.29, 1.82) is 10.8 Å². The van der Waals surface area contributed by atoms with Crippen LogP contribution in [0.2, 0.25) is 0 Å². The summed E-state index contributed by atoms with van der Waals surface area (Å²) >= 11 is 0. The fourth-order valence-corrected chi connectivity index (χ4v) is 1.46. The molecule has 0 saturated heterocycles. The van der Waals surface area contributed by atoms with Crippen molar-refractivity contribution in [2.45, 2.75) is 79.1 Å². The molecule has 0 bridgehead atoms. The zero-order valence-corrected chi connectivity index (χ0v) is 13.6. The maximum absolute atomic E-state index is 8.81. The Balaban J connectivity index is -0.000000230. The van der Waals surface area contributed by atoms with Gasteiger partial charge in [-0.3, -0.25) is 9.59 Å². The first-order valence-electron chi connectivity index (χ1n) is 7.55. The smallest absolute Gasteiger partial charge is 0.182 e. The summed E-state index contributed by atoms with van der Waals surface area (Å²) < 4.78 is 0. The molecule has 0 aromatic carbocycles. The van der Waals surface area contributed by atoms with Crippen LogP contribution in [0.25, 0.3) is 0 Å². The van der Waals surface area contributed by atoms with Crippen molar-refractivity contribution in [2.75, 3.05) is 0 Å². The molecule has 0 amide bonds. The Morgan fingerprint density at radius 3 is 0.950 bits per heavy atom. The Morgan fingerprint density at radius 1 is 0.650 bits per heavy atom. The van der Waals surface area contributed by atoms with E-state index in [1.54, 1.807) is 0 Å². The summed E-state index contributed by atoms with van der Waals surface area (Å²) in [5, 5.41) is 14.6. The number of carbonyl (C=O) groups excluding carboxylic acids is 2. The monoisotopic (exact) mass is 284 g/mol. The van der Waals surface area contributed by atoms with Crippen LogP contribution in [0, 0.1) is 10.8 Å². The molecule has 118 valence electrons. The molecule has 2 N–H and O–H groups in total. The van der Waals surface area contributed by atoms with E-state index >= 15 is 0 Å². The number of carbonyl (C=O) groups is 2. The van der Waals surface area contributed by atoms with Crippen LogP contribution >= 0.6 is 0 Å². The highest BCUT2D eigenvalue weighted by Crippen LogP contribution is 1.97. The molecule has 0 saturated carbocycles. The average molecular weight is 284 g/mol. The summed E-state index contributed by atoms with van der Waals surface area (Å²) in [4.78, 5) is 17.6. The Morgan fingerprint density at radius 2 is 0.850 bits per heavy atom. The molecule has 0 fully saturated rings.